The van der Waals surface area contributed by atoms with Crippen LogP contribution in [-0.2, 0) is 26.2 Å². The third-order valence-electron chi connectivity index (χ3n) is 6.05. The minimum absolute atomic E-state index is 0.0329. The van der Waals surface area contributed by atoms with Crippen molar-refractivity contribution in [2.24, 2.45) is 0 Å². The van der Waals surface area contributed by atoms with E-state index in [-0.39, 0.29) is 29.1 Å². The molecule has 0 aliphatic carbocycles. The third kappa shape index (κ3) is 7.60. The maximum atomic E-state index is 14.0. The average molecular weight is 617 g/mol. The summed E-state index contributed by atoms with van der Waals surface area (Å²) >= 11 is 3.45. The van der Waals surface area contributed by atoms with Crippen LogP contribution in [0.1, 0.15) is 31.9 Å². The van der Waals surface area contributed by atoms with E-state index >= 15 is 0 Å². The molecule has 39 heavy (non-hydrogen) atoms. The van der Waals surface area contributed by atoms with Crippen LogP contribution in [0.2, 0.25) is 0 Å². The Labute approximate surface area is 239 Å². The molecule has 0 saturated carbocycles. The van der Waals surface area contributed by atoms with Crippen molar-refractivity contribution in [2.45, 2.75) is 51.2 Å². The van der Waals surface area contributed by atoms with Crippen LogP contribution in [0.15, 0.2) is 82.2 Å². The Balaban J connectivity index is 2.09. The molecule has 0 heterocycles. The molecule has 8 nitrogen and oxygen atoms in total. The quantitative estimate of drug-likeness (QED) is 0.331. The lowest BCUT2D eigenvalue weighted by molar-refractivity contribution is -0.139. The molecule has 2 amide bonds. The molecule has 0 radical (unpaired) electrons. The zero-order valence-electron chi connectivity index (χ0n) is 22.7. The zero-order valence-corrected chi connectivity index (χ0v) is 25.1. The Morgan fingerprint density at radius 2 is 1.67 bits per heavy atom. The molecular formula is C29H34BrN3O5S. The van der Waals surface area contributed by atoms with Crippen LogP contribution in [0.5, 0.6) is 5.75 Å². The predicted molar refractivity (Wildman–Crippen MR) is 156 cm³/mol. The second-order valence-electron chi connectivity index (χ2n) is 9.49. The van der Waals surface area contributed by atoms with Gasteiger partial charge in [0.25, 0.3) is 10.0 Å². The molecule has 10 heteroatoms. The van der Waals surface area contributed by atoms with Gasteiger partial charge < -0.3 is 15.0 Å². The fourth-order valence-electron chi connectivity index (χ4n) is 4.05. The number of amides is 2. The first-order valence-electron chi connectivity index (χ1n) is 12.5. The molecule has 208 valence electrons. The number of methoxy groups -OCH3 is 1. The number of aryl methyl sites for hydroxylation is 1. The first-order valence-corrected chi connectivity index (χ1v) is 14.7. The summed E-state index contributed by atoms with van der Waals surface area (Å²) in [5.41, 5.74) is 1.81. The van der Waals surface area contributed by atoms with Crippen molar-refractivity contribution in [1.29, 1.82) is 0 Å². The maximum absolute atomic E-state index is 14.0. The molecule has 3 rings (SSSR count). The molecule has 0 unspecified atom stereocenters. The van der Waals surface area contributed by atoms with E-state index < -0.39 is 28.5 Å². The number of ether oxygens (including phenoxy) is 1. The topological polar surface area (TPSA) is 96.0 Å². The first-order chi connectivity index (χ1) is 18.4. The van der Waals surface area contributed by atoms with Crippen LogP contribution < -0.4 is 14.4 Å². The van der Waals surface area contributed by atoms with Gasteiger partial charge >= 0.3 is 0 Å². The fourth-order valence-corrected chi connectivity index (χ4v) is 5.93. The number of carbonyl (C=O) groups excluding carboxylic acids is 2. The van der Waals surface area contributed by atoms with E-state index in [9.17, 15) is 18.0 Å². The number of rotatable bonds is 11. The van der Waals surface area contributed by atoms with Crippen molar-refractivity contribution in [3.63, 3.8) is 0 Å². The first kappa shape index (κ1) is 30.2. The van der Waals surface area contributed by atoms with E-state index in [1.54, 1.807) is 43.3 Å². The van der Waals surface area contributed by atoms with E-state index in [4.69, 9.17) is 4.74 Å². The highest BCUT2D eigenvalue weighted by atomic mass is 79.9. The average Bonchev–Trinajstić information content (AvgIpc) is 2.90. The van der Waals surface area contributed by atoms with Crippen molar-refractivity contribution in [3.8, 4) is 5.75 Å². The summed E-state index contributed by atoms with van der Waals surface area (Å²) in [4.78, 5) is 28.4. The fraction of sp³-hybridized carbons (Fsp3) is 0.310. The summed E-state index contributed by atoms with van der Waals surface area (Å²) in [7, 11) is -2.73. The van der Waals surface area contributed by atoms with Crippen molar-refractivity contribution >= 4 is 43.5 Å². The Bertz CT molecular complexity index is 1410. The van der Waals surface area contributed by atoms with Gasteiger partial charge in [0.15, 0.2) is 0 Å². The van der Waals surface area contributed by atoms with Crippen molar-refractivity contribution < 1.29 is 22.7 Å². The molecular weight excluding hydrogens is 582 g/mol. The van der Waals surface area contributed by atoms with Gasteiger partial charge in [-0.15, -0.1) is 0 Å². The largest absolute Gasteiger partial charge is 0.495 e. The predicted octanol–water partition coefficient (Wildman–Crippen LogP) is 4.90. The minimum Gasteiger partial charge on any atom is -0.495 e. The van der Waals surface area contributed by atoms with E-state index in [1.807, 2.05) is 45.0 Å². The van der Waals surface area contributed by atoms with Crippen LogP contribution in [-0.4, -0.2) is 50.9 Å². The summed E-state index contributed by atoms with van der Waals surface area (Å²) in [6.45, 7) is 6.71. The minimum atomic E-state index is -4.18. The van der Waals surface area contributed by atoms with E-state index in [0.717, 1.165) is 19.9 Å². The lowest BCUT2D eigenvalue weighted by Gasteiger charge is -2.32. The number of halogens is 1. The molecule has 0 fully saturated rings. The monoisotopic (exact) mass is 615 g/mol. The van der Waals surface area contributed by atoms with Crippen molar-refractivity contribution in [2.75, 3.05) is 18.0 Å². The van der Waals surface area contributed by atoms with E-state index in [0.29, 0.717) is 5.75 Å². The smallest absolute Gasteiger partial charge is 0.264 e. The number of hydrogen-bond acceptors (Lipinski definition) is 5. The number of nitrogens with zero attached hydrogens (tertiary/aromatic N) is 2. The zero-order chi connectivity index (χ0) is 28.7. The van der Waals surface area contributed by atoms with Gasteiger partial charge in [-0.05, 0) is 75.2 Å². The molecule has 0 saturated heterocycles. The van der Waals surface area contributed by atoms with Gasteiger partial charge in [-0.2, -0.15) is 0 Å². The Kier molecular flexibility index (Phi) is 10.2. The van der Waals surface area contributed by atoms with Gasteiger partial charge in [0.1, 0.15) is 18.3 Å². The molecule has 3 aromatic carbocycles. The normalized spacial score (nSPS) is 12.1. The molecule has 0 spiro atoms. The maximum Gasteiger partial charge on any atom is 0.264 e. The van der Waals surface area contributed by atoms with E-state index in [1.165, 1.54) is 24.1 Å². The number of nitrogens with one attached hydrogen (secondary N) is 1. The lowest BCUT2D eigenvalue weighted by atomic mass is 10.1. The summed E-state index contributed by atoms with van der Waals surface area (Å²) in [6.07, 6.45) is 0. The summed E-state index contributed by atoms with van der Waals surface area (Å²) in [5, 5.41) is 2.85. The number of hydrogen-bond donors (Lipinski definition) is 1. The summed E-state index contributed by atoms with van der Waals surface area (Å²) < 4.78 is 35.2. The van der Waals surface area contributed by atoms with Gasteiger partial charge in [0.05, 0.1) is 17.7 Å². The van der Waals surface area contributed by atoms with Gasteiger partial charge in [0, 0.05) is 17.1 Å². The standard InChI is InChI=1S/C29H34BrN3O5S/c1-20(2)31-29(35)22(4)32(18-23-10-9-11-24(30)17-23)28(34)19-33(26-16-21(3)14-15-27(26)38-5)39(36,37)25-12-7-6-8-13-25/h6-17,20,22H,18-19H2,1-5H3,(H,31,35)/t22-/m0/s1. The lowest BCUT2D eigenvalue weighted by Crippen LogP contribution is -2.52. The van der Waals surface area contributed by atoms with Crippen LogP contribution in [0.25, 0.3) is 0 Å². The highest BCUT2D eigenvalue weighted by Crippen LogP contribution is 2.33. The number of carbonyl (C=O) groups is 2. The Morgan fingerprint density at radius 1 is 0.974 bits per heavy atom. The third-order valence-corrected chi connectivity index (χ3v) is 8.32. The van der Waals surface area contributed by atoms with Gasteiger partial charge in [-0.3, -0.25) is 13.9 Å². The van der Waals surface area contributed by atoms with E-state index in [2.05, 4.69) is 21.2 Å². The van der Waals surface area contributed by atoms with Crippen LogP contribution in [0.3, 0.4) is 0 Å². The molecule has 0 aliphatic heterocycles. The second-order valence-corrected chi connectivity index (χ2v) is 12.3. The molecule has 0 bridgehead atoms. The Hall–Kier alpha value is -3.37. The van der Waals surface area contributed by atoms with Crippen LogP contribution >= 0.6 is 15.9 Å². The van der Waals surface area contributed by atoms with Gasteiger partial charge in [-0.25, -0.2) is 8.42 Å². The molecule has 0 aromatic heterocycles. The Morgan fingerprint density at radius 3 is 2.28 bits per heavy atom. The van der Waals surface area contributed by atoms with Crippen LogP contribution in [0, 0.1) is 6.92 Å². The number of benzene rings is 3. The molecule has 1 N–H and O–H groups in total. The van der Waals surface area contributed by atoms with Crippen molar-refractivity contribution in [3.05, 3.63) is 88.4 Å². The number of sulfonamides is 1. The molecule has 1 atom stereocenters. The van der Waals surface area contributed by atoms with Gasteiger partial charge in [-0.1, -0.05) is 52.3 Å². The van der Waals surface area contributed by atoms with Crippen LogP contribution in [0.4, 0.5) is 5.69 Å². The summed E-state index contributed by atoms with van der Waals surface area (Å²) in [6, 6.07) is 19.5. The second kappa shape index (κ2) is 13.1. The SMILES string of the molecule is COc1ccc(C)cc1N(CC(=O)N(Cc1cccc(Br)c1)[C@@H](C)C(=O)NC(C)C)S(=O)(=O)c1ccccc1. The van der Waals surface area contributed by atoms with Gasteiger partial charge in [0.2, 0.25) is 11.8 Å². The highest BCUT2D eigenvalue weighted by molar-refractivity contribution is 9.10. The molecule has 0 aliphatic rings. The summed E-state index contributed by atoms with van der Waals surface area (Å²) in [5.74, 6) is -0.569. The highest BCUT2D eigenvalue weighted by Gasteiger charge is 2.34. The molecule has 3 aromatic rings. The van der Waals surface area contributed by atoms with Crippen molar-refractivity contribution in [1.82, 2.24) is 10.2 Å². The number of anilines is 1.